The Kier molecular flexibility index (Phi) is 3.82. The second-order valence-electron chi connectivity index (χ2n) is 9.53. The highest BCUT2D eigenvalue weighted by Crippen LogP contribution is 2.54. The Hall–Kier alpha value is -2.48. The van der Waals surface area contributed by atoms with Crippen molar-refractivity contribution < 1.29 is 0 Å². The Bertz CT molecular complexity index is 984. The molecule has 0 spiro atoms. The van der Waals surface area contributed by atoms with Crippen molar-refractivity contribution in [3.05, 3.63) is 70.8 Å². The van der Waals surface area contributed by atoms with Crippen molar-refractivity contribution in [2.75, 3.05) is 11.5 Å². The first-order chi connectivity index (χ1) is 12.6. The van der Waals surface area contributed by atoms with Gasteiger partial charge in [-0.3, -0.25) is 0 Å². The summed E-state index contributed by atoms with van der Waals surface area (Å²) in [6, 6.07) is 10.5. The largest absolute Gasteiger partial charge is 0.399 e. The Morgan fingerprint density at radius 2 is 1.78 bits per heavy atom. The summed E-state index contributed by atoms with van der Waals surface area (Å²) in [5.74, 6) is 0.386. The van der Waals surface area contributed by atoms with E-state index in [0.29, 0.717) is 5.92 Å². The zero-order valence-electron chi connectivity index (χ0n) is 17.1. The molecule has 140 valence electrons. The zero-order valence-corrected chi connectivity index (χ0v) is 17.1. The molecule has 0 saturated heterocycles. The second-order valence-corrected chi connectivity index (χ2v) is 9.53. The molecular formula is C25H30N2. The van der Waals surface area contributed by atoms with Crippen molar-refractivity contribution in [3.8, 4) is 11.1 Å². The fourth-order valence-corrected chi connectivity index (χ4v) is 4.75. The zero-order chi connectivity index (χ0) is 19.6. The standard InChI is InChI=1S/C25H30N2/c1-24(2,3)16-8-6-15(7-9-16)18-12-13-21(27)22-19-11-10-17(26)14-20(19)25(4,5)23(18)22/h6,8-15H,7,26-27H2,1-5H3. The maximum atomic E-state index is 6.46. The van der Waals surface area contributed by atoms with Gasteiger partial charge < -0.3 is 11.5 Å². The Morgan fingerprint density at radius 1 is 1.04 bits per heavy atom. The van der Waals surface area contributed by atoms with Crippen LogP contribution in [0.5, 0.6) is 0 Å². The lowest BCUT2D eigenvalue weighted by molar-refractivity contribution is 0.510. The number of rotatable bonds is 1. The molecule has 2 aliphatic carbocycles. The molecule has 0 radical (unpaired) electrons. The Labute approximate surface area is 163 Å². The van der Waals surface area contributed by atoms with Crippen molar-refractivity contribution in [2.24, 2.45) is 5.41 Å². The molecule has 2 aliphatic rings. The van der Waals surface area contributed by atoms with E-state index in [0.717, 1.165) is 17.8 Å². The van der Waals surface area contributed by atoms with Crippen LogP contribution in [-0.2, 0) is 5.41 Å². The molecule has 0 heterocycles. The molecule has 0 amide bonds. The highest BCUT2D eigenvalue weighted by atomic mass is 14.6. The van der Waals surface area contributed by atoms with Crippen LogP contribution >= 0.6 is 0 Å². The molecule has 0 saturated carbocycles. The van der Waals surface area contributed by atoms with E-state index in [-0.39, 0.29) is 10.8 Å². The summed E-state index contributed by atoms with van der Waals surface area (Å²) in [5.41, 5.74) is 22.2. The van der Waals surface area contributed by atoms with Crippen LogP contribution in [0.3, 0.4) is 0 Å². The van der Waals surface area contributed by atoms with Crippen molar-refractivity contribution >= 4 is 11.4 Å². The summed E-state index contributed by atoms with van der Waals surface area (Å²) in [4.78, 5) is 0. The molecule has 2 heteroatoms. The highest BCUT2D eigenvalue weighted by Gasteiger charge is 2.39. The molecule has 4 N–H and O–H groups in total. The predicted octanol–water partition coefficient (Wildman–Crippen LogP) is 6.17. The number of fused-ring (bicyclic) bond motifs is 3. The first-order valence-corrected chi connectivity index (χ1v) is 9.83. The quantitative estimate of drug-likeness (QED) is 0.599. The smallest absolute Gasteiger partial charge is 0.0397 e. The van der Waals surface area contributed by atoms with E-state index < -0.39 is 0 Å². The first-order valence-electron chi connectivity index (χ1n) is 9.83. The van der Waals surface area contributed by atoms with Gasteiger partial charge in [0.15, 0.2) is 0 Å². The van der Waals surface area contributed by atoms with Crippen LogP contribution in [0.2, 0.25) is 0 Å². The van der Waals surface area contributed by atoms with Gasteiger partial charge in [-0.05, 0) is 57.9 Å². The number of hydrogen-bond donors (Lipinski definition) is 2. The molecule has 1 unspecified atom stereocenters. The molecule has 0 aliphatic heterocycles. The molecular weight excluding hydrogens is 328 g/mol. The van der Waals surface area contributed by atoms with Gasteiger partial charge in [0.2, 0.25) is 0 Å². The molecule has 2 nitrogen and oxygen atoms in total. The lowest BCUT2D eigenvalue weighted by Crippen LogP contribution is -2.19. The van der Waals surface area contributed by atoms with Crippen LogP contribution in [-0.4, -0.2) is 0 Å². The molecule has 2 aromatic carbocycles. The van der Waals surface area contributed by atoms with Crippen LogP contribution in [0.15, 0.2) is 54.1 Å². The van der Waals surface area contributed by atoms with Gasteiger partial charge in [-0.25, -0.2) is 0 Å². The average molecular weight is 359 g/mol. The van der Waals surface area contributed by atoms with E-state index in [1.807, 2.05) is 6.07 Å². The molecule has 1 atom stereocenters. The second kappa shape index (κ2) is 5.76. The number of nitrogens with two attached hydrogens (primary N) is 2. The third kappa shape index (κ3) is 2.70. The average Bonchev–Trinajstić information content (AvgIpc) is 2.83. The van der Waals surface area contributed by atoms with E-state index >= 15 is 0 Å². The van der Waals surface area contributed by atoms with Gasteiger partial charge in [-0.15, -0.1) is 0 Å². The minimum absolute atomic E-state index is 0.105. The van der Waals surface area contributed by atoms with E-state index in [1.54, 1.807) is 0 Å². The summed E-state index contributed by atoms with van der Waals surface area (Å²) >= 11 is 0. The van der Waals surface area contributed by atoms with Gasteiger partial charge in [0.25, 0.3) is 0 Å². The van der Waals surface area contributed by atoms with Gasteiger partial charge in [-0.1, -0.05) is 65.0 Å². The number of benzene rings is 2. The summed E-state index contributed by atoms with van der Waals surface area (Å²) in [6.07, 6.45) is 8.12. The first kappa shape index (κ1) is 17.9. The SMILES string of the molecule is CC(C)(C)C1=CCC(c2ccc(N)c3c2C(C)(C)c2cc(N)ccc2-3)C=C1. The number of hydrogen-bond acceptors (Lipinski definition) is 2. The van der Waals surface area contributed by atoms with Crippen LogP contribution in [0, 0.1) is 5.41 Å². The van der Waals surface area contributed by atoms with Gasteiger partial charge in [0.1, 0.15) is 0 Å². The van der Waals surface area contributed by atoms with Gasteiger partial charge >= 0.3 is 0 Å². The minimum Gasteiger partial charge on any atom is -0.399 e. The molecule has 0 fully saturated rings. The normalized spacial score (nSPS) is 20.2. The van der Waals surface area contributed by atoms with Crippen molar-refractivity contribution in [1.29, 1.82) is 0 Å². The summed E-state index contributed by atoms with van der Waals surface area (Å²) in [6.45, 7) is 11.4. The van der Waals surface area contributed by atoms with E-state index in [2.05, 4.69) is 77.1 Å². The number of anilines is 2. The minimum atomic E-state index is -0.105. The fourth-order valence-electron chi connectivity index (χ4n) is 4.75. The van der Waals surface area contributed by atoms with Crippen molar-refractivity contribution in [1.82, 2.24) is 0 Å². The van der Waals surface area contributed by atoms with Crippen LogP contribution in [0.4, 0.5) is 11.4 Å². The van der Waals surface area contributed by atoms with E-state index in [4.69, 9.17) is 11.5 Å². The maximum Gasteiger partial charge on any atom is 0.0397 e. The predicted molar refractivity (Wildman–Crippen MR) is 117 cm³/mol. The molecule has 27 heavy (non-hydrogen) atoms. The van der Waals surface area contributed by atoms with E-state index in [1.165, 1.54) is 33.4 Å². The molecule has 2 aromatic rings. The third-order valence-corrected chi connectivity index (χ3v) is 6.25. The Morgan fingerprint density at radius 3 is 2.41 bits per heavy atom. The van der Waals surface area contributed by atoms with Crippen LogP contribution in [0.25, 0.3) is 11.1 Å². The number of allylic oxidation sites excluding steroid dienone is 4. The Balaban J connectivity index is 1.85. The van der Waals surface area contributed by atoms with Gasteiger partial charge in [0.05, 0.1) is 0 Å². The fraction of sp³-hybridized carbons (Fsp3) is 0.360. The van der Waals surface area contributed by atoms with Crippen molar-refractivity contribution in [2.45, 2.75) is 52.4 Å². The lowest BCUT2D eigenvalue weighted by atomic mass is 9.74. The number of nitrogen functional groups attached to an aromatic ring is 2. The summed E-state index contributed by atoms with van der Waals surface area (Å²) < 4.78 is 0. The summed E-state index contributed by atoms with van der Waals surface area (Å²) in [5, 5.41) is 0. The molecule has 0 aromatic heterocycles. The van der Waals surface area contributed by atoms with Crippen molar-refractivity contribution in [3.63, 3.8) is 0 Å². The van der Waals surface area contributed by atoms with Crippen LogP contribution < -0.4 is 11.5 Å². The highest BCUT2D eigenvalue weighted by molar-refractivity contribution is 5.90. The van der Waals surface area contributed by atoms with E-state index in [9.17, 15) is 0 Å². The monoisotopic (exact) mass is 358 g/mol. The molecule has 4 rings (SSSR count). The lowest BCUT2D eigenvalue weighted by Gasteiger charge is -2.30. The topological polar surface area (TPSA) is 52.0 Å². The molecule has 0 bridgehead atoms. The van der Waals surface area contributed by atoms with Gasteiger partial charge in [0, 0.05) is 28.3 Å². The third-order valence-electron chi connectivity index (χ3n) is 6.25. The van der Waals surface area contributed by atoms with Gasteiger partial charge in [-0.2, -0.15) is 0 Å². The maximum absolute atomic E-state index is 6.46. The van der Waals surface area contributed by atoms with Crippen LogP contribution in [0.1, 0.15) is 63.6 Å². The summed E-state index contributed by atoms with van der Waals surface area (Å²) in [7, 11) is 0.